The first-order valence-electron chi connectivity index (χ1n) is 4.84. The van der Waals surface area contributed by atoms with Gasteiger partial charge in [0.15, 0.2) is 14.3 Å². The van der Waals surface area contributed by atoms with Gasteiger partial charge in [0.05, 0.1) is 0 Å². The second-order valence-corrected chi connectivity index (χ2v) is 3.95. The summed E-state index contributed by atoms with van der Waals surface area (Å²) < 4.78 is 6.66. The van der Waals surface area contributed by atoms with Gasteiger partial charge in [0.2, 0.25) is 0 Å². The summed E-state index contributed by atoms with van der Waals surface area (Å²) in [6.07, 6.45) is 4.64. The Hall–Kier alpha value is -0.210. The molecule has 5 heteroatoms. The van der Waals surface area contributed by atoms with Crippen LogP contribution in [0.1, 0.15) is 39.5 Å². The van der Waals surface area contributed by atoms with Crippen molar-refractivity contribution in [2.45, 2.75) is 39.5 Å². The number of nitrogens with zero attached hydrogens (tertiary/aromatic N) is 2. The summed E-state index contributed by atoms with van der Waals surface area (Å²) in [7, 11) is 0.0972. The molecule has 0 aliphatic heterocycles. The smallest absolute Gasteiger partial charge is 0.187 e. The monoisotopic (exact) mass is 206 g/mol. The molecule has 0 aliphatic carbocycles. The second-order valence-electron chi connectivity index (χ2n) is 2.95. The van der Waals surface area contributed by atoms with Crippen molar-refractivity contribution in [3.63, 3.8) is 0 Å². The lowest BCUT2D eigenvalue weighted by Gasteiger charge is -2.17. The van der Waals surface area contributed by atoms with Crippen LogP contribution in [0.25, 0.3) is 0 Å². The van der Waals surface area contributed by atoms with Gasteiger partial charge in [-0.15, -0.1) is 4.91 Å². The molecule has 0 aliphatic rings. The van der Waals surface area contributed by atoms with Gasteiger partial charge in [-0.05, 0) is 12.8 Å². The van der Waals surface area contributed by atoms with Crippen LogP contribution in [0, 0.1) is 4.91 Å². The molecule has 0 bridgehead atoms. The lowest BCUT2D eigenvalue weighted by Crippen LogP contribution is -2.16. The Labute approximate surface area is 81.9 Å². The van der Waals surface area contributed by atoms with E-state index in [-0.39, 0.29) is 8.96 Å². The Balaban J connectivity index is 3.52. The van der Waals surface area contributed by atoms with Crippen LogP contribution in [-0.4, -0.2) is 17.8 Å². The van der Waals surface area contributed by atoms with Gasteiger partial charge in [0.1, 0.15) is 0 Å². The maximum atomic E-state index is 9.76. The highest BCUT2D eigenvalue weighted by Crippen LogP contribution is 2.20. The summed E-state index contributed by atoms with van der Waals surface area (Å²) in [4.78, 5) is 9.76. The molecule has 0 aromatic carbocycles. The second kappa shape index (κ2) is 9.87. The van der Waals surface area contributed by atoms with Gasteiger partial charge in [0.25, 0.3) is 0 Å². The lowest BCUT2D eigenvalue weighted by molar-refractivity contribution is 0.326. The fourth-order valence-corrected chi connectivity index (χ4v) is 1.62. The standard InChI is InChI=1S/C8H19N2O2P/c1-3-5-7-10(8-6-4-2)13-12-9-11/h13H,3-8H2,1-2H3. The van der Waals surface area contributed by atoms with Crippen molar-refractivity contribution in [2.75, 3.05) is 13.1 Å². The summed E-state index contributed by atoms with van der Waals surface area (Å²) in [5, 5.41) is 2.41. The maximum Gasteiger partial charge on any atom is 0.187 e. The average Bonchev–Trinajstić information content (AvgIpc) is 2.17. The van der Waals surface area contributed by atoms with E-state index in [0.717, 1.165) is 25.9 Å². The molecule has 0 spiro atoms. The normalized spacial score (nSPS) is 11.3. The molecule has 4 nitrogen and oxygen atoms in total. The molecule has 0 saturated heterocycles. The third kappa shape index (κ3) is 8.13. The molecule has 78 valence electrons. The summed E-state index contributed by atoms with van der Waals surface area (Å²) >= 11 is 0. The van der Waals surface area contributed by atoms with Crippen LogP contribution in [0.3, 0.4) is 0 Å². The molecule has 0 fully saturated rings. The predicted molar refractivity (Wildman–Crippen MR) is 56.6 cm³/mol. The molecule has 0 radical (unpaired) electrons. The first kappa shape index (κ1) is 12.8. The number of rotatable bonds is 9. The number of hydrogen-bond acceptors (Lipinski definition) is 4. The van der Waals surface area contributed by atoms with Crippen molar-refractivity contribution in [1.82, 2.24) is 4.67 Å². The molecule has 13 heavy (non-hydrogen) atoms. The predicted octanol–water partition coefficient (Wildman–Crippen LogP) is 3.10. The first-order valence-corrected chi connectivity index (χ1v) is 5.70. The highest BCUT2D eigenvalue weighted by molar-refractivity contribution is 7.29. The van der Waals surface area contributed by atoms with Crippen LogP contribution < -0.4 is 0 Å². The summed E-state index contributed by atoms with van der Waals surface area (Å²) in [5.74, 6) is 0. The number of unbranched alkanes of at least 4 members (excludes halogenated alkanes) is 2. The molecule has 1 atom stereocenters. The minimum atomic E-state index is 0.0972. The lowest BCUT2D eigenvalue weighted by atomic mass is 10.3. The van der Waals surface area contributed by atoms with Crippen LogP contribution in [0.2, 0.25) is 0 Å². The van der Waals surface area contributed by atoms with Crippen LogP contribution >= 0.6 is 8.96 Å². The van der Waals surface area contributed by atoms with E-state index in [9.17, 15) is 4.91 Å². The topological polar surface area (TPSA) is 41.9 Å². The van der Waals surface area contributed by atoms with Crippen LogP contribution in [0.15, 0.2) is 5.34 Å². The van der Waals surface area contributed by atoms with Crippen LogP contribution in [-0.2, 0) is 4.62 Å². The van der Waals surface area contributed by atoms with Crippen molar-refractivity contribution in [1.29, 1.82) is 0 Å². The van der Waals surface area contributed by atoms with E-state index in [1.165, 1.54) is 12.8 Å². The molecule has 0 heterocycles. The quantitative estimate of drug-likeness (QED) is 0.330. The third-order valence-corrected chi connectivity index (χ3v) is 2.63. The fourth-order valence-electron chi connectivity index (χ4n) is 0.975. The van der Waals surface area contributed by atoms with Crippen molar-refractivity contribution in [3.8, 4) is 0 Å². The Morgan fingerprint density at radius 2 is 1.77 bits per heavy atom. The van der Waals surface area contributed by atoms with Gasteiger partial charge in [-0.3, -0.25) is 4.67 Å². The average molecular weight is 206 g/mol. The van der Waals surface area contributed by atoms with E-state index in [2.05, 4.69) is 28.5 Å². The first-order chi connectivity index (χ1) is 6.35. The Bertz CT molecular complexity index is 117. The molecule has 0 aromatic heterocycles. The van der Waals surface area contributed by atoms with Crippen molar-refractivity contribution < 1.29 is 4.62 Å². The molecule has 0 N–H and O–H groups in total. The van der Waals surface area contributed by atoms with E-state index in [1.54, 1.807) is 0 Å². The van der Waals surface area contributed by atoms with E-state index in [4.69, 9.17) is 0 Å². The largest absolute Gasteiger partial charge is 0.331 e. The molecular formula is C8H19N2O2P. The minimum absolute atomic E-state index is 0.0972. The zero-order valence-electron chi connectivity index (χ0n) is 8.45. The summed E-state index contributed by atoms with van der Waals surface area (Å²) in [6, 6.07) is 0. The molecule has 0 saturated carbocycles. The van der Waals surface area contributed by atoms with Crippen molar-refractivity contribution in [3.05, 3.63) is 4.91 Å². The Morgan fingerprint density at radius 1 is 1.23 bits per heavy atom. The fraction of sp³-hybridized carbons (Fsp3) is 1.00. The summed E-state index contributed by atoms with van der Waals surface area (Å²) in [6.45, 7) is 6.31. The van der Waals surface area contributed by atoms with E-state index < -0.39 is 0 Å². The van der Waals surface area contributed by atoms with Crippen LogP contribution in [0.5, 0.6) is 0 Å². The van der Waals surface area contributed by atoms with Gasteiger partial charge < -0.3 is 4.62 Å². The Morgan fingerprint density at radius 3 is 2.15 bits per heavy atom. The molecule has 1 unspecified atom stereocenters. The highest BCUT2D eigenvalue weighted by Gasteiger charge is 2.04. The minimum Gasteiger partial charge on any atom is -0.331 e. The van der Waals surface area contributed by atoms with Gasteiger partial charge in [-0.1, -0.05) is 26.7 Å². The number of hydrogen-bond donors (Lipinski definition) is 0. The highest BCUT2D eigenvalue weighted by atomic mass is 31.1. The van der Waals surface area contributed by atoms with Gasteiger partial charge in [0, 0.05) is 13.1 Å². The molecule has 0 aromatic rings. The molecule has 0 amide bonds. The SMILES string of the molecule is CCCCN(CCCC)PON=O. The maximum absolute atomic E-state index is 9.76. The summed E-state index contributed by atoms with van der Waals surface area (Å²) in [5.41, 5.74) is 0. The zero-order valence-corrected chi connectivity index (χ0v) is 9.45. The van der Waals surface area contributed by atoms with Crippen LogP contribution in [0.4, 0.5) is 0 Å². The van der Waals surface area contributed by atoms with Gasteiger partial charge in [-0.25, -0.2) is 0 Å². The Kier molecular flexibility index (Phi) is 9.72. The van der Waals surface area contributed by atoms with Crippen molar-refractivity contribution in [2.24, 2.45) is 5.34 Å². The van der Waals surface area contributed by atoms with E-state index in [0.29, 0.717) is 0 Å². The van der Waals surface area contributed by atoms with E-state index >= 15 is 0 Å². The van der Waals surface area contributed by atoms with Gasteiger partial charge >= 0.3 is 0 Å². The molecule has 0 rings (SSSR count). The third-order valence-electron chi connectivity index (χ3n) is 1.77. The molecular weight excluding hydrogens is 187 g/mol. The van der Waals surface area contributed by atoms with Crippen molar-refractivity contribution >= 4 is 8.96 Å². The van der Waals surface area contributed by atoms with Gasteiger partial charge in [-0.2, -0.15) is 0 Å². The zero-order chi connectivity index (χ0) is 9.94. The van der Waals surface area contributed by atoms with E-state index in [1.807, 2.05) is 0 Å².